The second-order valence-corrected chi connectivity index (χ2v) is 6.56. The van der Waals surface area contributed by atoms with E-state index in [-0.39, 0.29) is 5.60 Å². The van der Waals surface area contributed by atoms with Crippen LogP contribution in [-0.4, -0.2) is 29.3 Å². The van der Waals surface area contributed by atoms with Gasteiger partial charge in [-0.2, -0.15) is 0 Å². The third-order valence-corrected chi connectivity index (χ3v) is 3.25. The number of piperidine rings is 1. The van der Waals surface area contributed by atoms with Crippen molar-refractivity contribution in [2.45, 2.75) is 65.5 Å². The smallest absolute Gasteiger partial charge is 0.100 e. The first-order valence-electron chi connectivity index (χ1n) is 6.10. The van der Waals surface area contributed by atoms with Crippen molar-refractivity contribution in [3.63, 3.8) is 0 Å². The zero-order valence-electron chi connectivity index (χ0n) is 11.3. The Bertz CT molecular complexity index is 205. The topological polar surface area (TPSA) is 12.5 Å². The van der Waals surface area contributed by atoms with Crippen molar-refractivity contribution in [2.75, 3.05) is 13.3 Å². The minimum atomic E-state index is -0.0286. The maximum absolute atomic E-state index is 5.87. The molecule has 15 heavy (non-hydrogen) atoms. The first-order chi connectivity index (χ1) is 6.71. The molecule has 1 unspecified atom stereocenters. The molecule has 1 saturated heterocycles. The van der Waals surface area contributed by atoms with Crippen LogP contribution in [0.15, 0.2) is 0 Å². The molecule has 0 amide bonds. The highest BCUT2D eigenvalue weighted by molar-refractivity contribution is 4.87. The van der Waals surface area contributed by atoms with Crippen LogP contribution >= 0.6 is 0 Å². The third kappa shape index (κ3) is 4.12. The summed E-state index contributed by atoms with van der Waals surface area (Å²) >= 11 is 0. The lowest BCUT2D eigenvalue weighted by Gasteiger charge is -2.45. The lowest BCUT2D eigenvalue weighted by molar-refractivity contribution is -0.106. The van der Waals surface area contributed by atoms with Gasteiger partial charge in [0.15, 0.2) is 0 Å². The van der Waals surface area contributed by atoms with Gasteiger partial charge in [0, 0.05) is 12.1 Å². The molecule has 2 heteroatoms. The predicted octanol–water partition coefficient (Wildman–Crippen LogP) is 3.27. The summed E-state index contributed by atoms with van der Waals surface area (Å²) in [5, 5.41) is 0. The van der Waals surface area contributed by atoms with Crippen molar-refractivity contribution in [2.24, 2.45) is 5.92 Å². The molecule has 0 aromatic carbocycles. The molecule has 1 rings (SSSR count). The van der Waals surface area contributed by atoms with Crippen LogP contribution in [-0.2, 0) is 4.74 Å². The molecule has 1 aliphatic rings. The maximum atomic E-state index is 5.87. The van der Waals surface area contributed by atoms with Crippen molar-refractivity contribution in [1.82, 2.24) is 4.90 Å². The van der Waals surface area contributed by atoms with Crippen LogP contribution < -0.4 is 0 Å². The van der Waals surface area contributed by atoms with Gasteiger partial charge < -0.3 is 4.74 Å². The highest BCUT2D eigenvalue weighted by Crippen LogP contribution is 2.31. The van der Waals surface area contributed by atoms with Crippen LogP contribution in [0.25, 0.3) is 0 Å². The van der Waals surface area contributed by atoms with E-state index in [2.05, 4.69) is 46.4 Å². The Kier molecular flexibility index (Phi) is 3.83. The van der Waals surface area contributed by atoms with Crippen molar-refractivity contribution in [1.29, 1.82) is 0 Å². The molecule has 0 spiro atoms. The van der Waals surface area contributed by atoms with Crippen molar-refractivity contribution >= 4 is 0 Å². The van der Waals surface area contributed by atoms with E-state index in [0.29, 0.717) is 5.54 Å². The molecule has 0 bridgehead atoms. The molecule has 90 valence electrons. The van der Waals surface area contributed by atoms with Gasteiger partial charge in [-0.3, -0.25) is 4.90 Å². The Hall–Kier alpha value is -0.0800. The molecule has 1 heterocycles. The van der Waals surface area contributed by atoms with E-state index in [9.17, 15) is 0 Å². The number of ether oxygens (including phenoxy) is 1. The average Bonchev–Trinajstić information content (AvgIpc) is 1.98. The van der Waals surface area contributed by atoms with Gasteiger partial charge in [-0.05, 0) is 53.4 Å². The Balaban J connectivity index is 2.48. The molecule has 0 aromatic heterocycles. The Morgan fingerprint density at radius 3 is 2.40 bits per heavy atom. The zero-order chi connectivity index (χ0) is 11.7. The second-order valence-electron chi connectivity index (χ2n) is 6.56. The van der Waals surface area contributed by atoms with Crippen LogP contribution in [0, 0.1) is 5.92 Å². The maximum Gasteiger partial charge on any atom is 0.100 e. The highest BCUT2D eigenvalue weighted by atomic mass is 16.5. The summed E-state index contributed by atoms with van der Waals surface area (Å²) in [6.07, 6.45) is 2.58. The van der Waals surface area contributed by atoms with E-state index in [4.69, 9.17) is 4.74 Å². The zero-order valence-corrected chi connectivity index (χ0v) is 11.3. The Morgan fingerprint density at radius 1 is 1.33 bits per heavy atom. The van der Waals surface area contributed by atoms with Gasteiger partial charge in [-0.15, -0.1) is 0 Å². The molecule has 1 atom stereocenters. The SMILES string of the molecule is CC1CCN(COC(C)(C)C)C(C)(C)C1. The minimum Gasteiger partial charge on any atom is -0.360 e. The fourth-order valence-electron chi connectivity index (χ4n) is 2.27. The second kappa shape index (κ2) is 4.42. The number of likely N-dealkylation sites (tertiary alicyclic amines) is 1. The molecular formula is C13H27NO. The lowest BCUT2D eigenvalue weighted by atomic mass is 9.84. The summed E-state index contributed by atoms with van der Waals surface area (Å²) in [7, 11) is 0. The number of hydrogen-bond acceptors (Lipinski definition) is 2. The van der Waals surface area contributed by atoms with Gasteiger partial charge in [0.05, 0.1) is 5.60 Å². The number of nitrogens with zero attached hydrogens (tertiary/aromatic N) is 1. The summed E-state index contributed by atoms with van der Waals surface area (Å²) in [6, 6.07) is 0. The van der Waals surface area contributed by atoms with Gasteiger partial charge in [0.1, 0.15) is 6.73 Å². The lowest BCUT2D eigenvalue weighted by Crippen LogP contribution is -2.51. The van der Waals surface area contributed by atoms with Gasteiger partial charge >= 0.3 is 0 Å². The van der Waals surface area contributed by atoms with Crippen LogP contribution in [0.2, 0.25) is 0 Å². The van der Waals surface area contributed by atoms with E-state index >= 15 is 0 Å². The molecule has 0 aliphatic carbocycles. The van der Waals surface area contributed by atoms with Crippen molar-refractivity contribution in [3.8, 4) is 0 Å². The molecular weight excluding hydrogens is 186 g/mol. The van der Waals surface area contributed by atoms with Crippen LogP contribution in [0.1, 0.15) is 54.4 Å². The standard InChI is InChI=1S/C13H27NO/c1-11-7-8-14(13(5,6)9-11)10-15-12(2,3)4/h11H,7-10H2,1-6H3. The molecule has 0 radical (unpaired) electrons. The van der Waals surface area contributed by atoms with Crippen molar-refractivity contribution in [3.05, 3.63) is 0 Å². The third-order valence-electron chi connectivity index (χ3n) is 3.25. The van der Waals surface area contributed by atoms with E-state index in [1.807, 2.05) is 0 Å². The molecule has 1 aliphatic heterocycles. The molecule has 2 nitrogen and oxygen atoms in total. The summed E-state index contributed by atoms with van der Waals surface area (Å²) in [6.45, 7) is 15.3. The summed E-state index contributed by atoms with van der Waals surface area (Å²) < 4.78 is 5.87. The number of hydrogen-bond donors (Lipinski definition) is 0. The minimum absolute atomic E-state index is 0.0286. The monoisotopic (exact) mass is 213 g/mol. The summed E-state index contributed by atoms with van der Waals surface area (Å²) in [5.74, 6) is 0.853. The van der Waals surface area contributed by atoms with E-state index in [0.717, 1.165) is 12.6 Å². The van der Waals surface area contributed by atoms with Gasteiger partial charge in [0.25, 0.3) is 0 Å². The average molecular weight is 213 g/mol. The highest BCUT2D eigenvalue weighted by Gasteiger charge is 2.33. The fourth-order valence-corrected chi connectivity index (χ4v) is 2.27. The first kappa shape index (κ1) is 13.0. The predicted molar refractivity (Wildman–Crippen MR) is 64.9 cm³/mol. The van der Waals surface area contributed by atoms with Gasteiger partial charge in [0.2, 0.25) is 0 Å². The van der Waals surface area contributed by atoms with Crippen molar-refractivity contribution < 1.29 is 4.74 Å². The Morgan fingerprint density at radius 2 is 1.93 bits per heavy atom. The van der Waals surface area contributed by atoms with Gasteiger partial charge in [-0.1, -0.05) is 6.92 Å². The Labute approximate surface area is 95.0 Å². The van der Waals surface area contributed by atoms with Crippen LogP contribution in [0.4, 0.5) is 0 Å². The summed E-state index contributed by atoms with van der Waals surface area (Å²) in [4.78, 5) is 2.47. The van der Waals surface area contributed by atoms with E-state index in [1.54, 1.807) is 0 Å². The molecule has 0 saturated carbocycles. The molecule has 0 aromatic rings. The molecule has 0 N–H and O–H groups in total. The quantitative estimate of drug-likeness (QED) is 0.698. The van der Waals surface area contributed by atoms with E-state index < -0.39 is 0 Å². The fraction of sp³-hybridized carbons (Fsp3) is 1.00. The van der Waals surface area contributed by atoms with E-state index in [1.165, 1.54) is 19.4 Å². The largest absolute Gasteiger partial charge is 0.360 e. The first-order valence-corrected chi connectivity index (χ1v) is 6.10. The normalized spacial score (nSPS) is 28.0. The number of rotatable bonds is 2. The van der Waals surface area contributed by atoms with Gasteiger partial charge in [-0.25, -0.2) is 0 Å². The summed E-state index contributed by atoms with van der Waals surface area (Å²) in [5.41, 5.74) is 0.266. The van der Waals surface area contributed by atoms with Crippen LogP contribution in [0.3, 0.4) is 0 Å². The molecule has 1 fully saturated rings. The van der Waals surface area contributed by atoms with Crippen LogP contribution in [0.5, 0.6) is 0 Å².